The zero-order chi connectivity index (χ0) is 31.0. The molecule has 0 unspecified atom stereocenters. The van der Waals surface area contributed by atoms with Gasteiger partial charge in [0.1, 0.15) is 17.3 Å². The summed E-state index contributed by atoms with van der Waals surface area (Å²) in [6, 6.07) is 2.70. The molecule has 1 fully saturated rings. The molecule has 15 heteroatoms. The van der Waals surface area contributed by atoms with Crippen molar-refractivity contribution in [2.75, 3.05) is 29.9 Å². The van der Waals surface area contributed by atoms with Crippen molar-refractivity contribution in [1.29, 1.82) is 0 Å². The molecule has 9 nitrogen and oxygen atoms in total. The van der Waals surface area contributed by atoms with E-state index in [9.17, 15) is 30.8 Å². The van der Waals surface area contributed by atoms with Crippen LogP contribution in [0.25, 0.3) is 22.2 Å². The van der Waals surface area contributed by atoms with E-state index in [2.05, 4.69) is 34.3 Å². The summed E-state index contributed by atoms with van der Waals surface area (Å²) in [5.41, 5.74) is -1.90. The summed E-state index contributed by atoms with van der Waals surface area (Å²) >= 11 is 0. The molecule has 1 aromatic carbocycles. The number of pyridine rings is 1. The maximum atomic E-state index is 15.2. The van der Waals surface area contributed by atoms with Gasteiger partial charge in [-0.05, 0) is 65.8 Å². The number of nitrogens with one attached hydrogen (secondary N) is 2. The number of nitrogens with zero attached hydrogens (tertiary/aromatic N) is 4. The monoisotopic (exact) mass is 616 g/mol. The Hall–Kier alpha value is -3.33. The highest BCUT2D eigenvalue weighted by Gasteiger charge is 2.30. The normalized spacial score (nSPS) is 18.2. The Balaban J connectivity index is 1.66. The van der Waals surface area contributed by atoms with Crippen LogP contribution < -0.4 is 15.6 Å². The van der Waals surface area contributed by atoms with Crippen molar-refractivity contribution in [2.45, 2.75) is 70.3 Å². The van der Waals surface area contributed by atoms with Crippen LogP contribution in [0.5, 0.6) is 0 Å². The van der Waals surface area contributed by atoms with Crippen molar-refractivity contribution >= 4 is 32.7 Å². The van der Waals surface area contributed by atoms with Gasteiger partial charge in [-0.15, -0.1) is 0 Å². The smallest absolute Gasteiger partial charge is 0.351 e. The first kappa shape index (κ1) is 31.6. The number of fused-ring (bicyclic) bond motifs is 1. The zero-order valence-electron chi connectivity index (χ0n) is 23.6. The Bertz CT molecular complexity index is 1620. The fourth-order valence-electron chi connectivity index (χ4n) is 5.08. The number of alkyl halides is 3. The highest BCUT2D eigenvalue weighted by molar-refractivity contribution is 7.92. The van der Waals surface area contributed by atoms with E-state index in [0.717, 1.165) is 25.7 Å². The van der Waals surface area contributed by atoms with Gasteiger partial charge in [0.15, 0.2) is 0 Å². The highest BCUT2D eigenvalue weighted by atomic mass is 32.2. The van der Waals surface area contributed by atoms with Crippen LogP contribution in [0.2, 0.25) is 0 Å². The van der Waals surface area contributed by atoms with E-state index < -0.39 is 62.9 Å². The molecule has 4 rings (SSSR count). The summed E-state index contributed by atoms with van der Waals surface area (Å²) in [5, 5.41) is 3.72. The largest absolute Gasteiger partial charge is 0.390 e. The molecule has 1 aliphatic carbocycles. The van der Waals surface area contributed by atoms with E-state index in [4.69, 9.17) is 0 Å². The van der Waals surface area contributed by atoms with Crippen LogP contribution in [0.4, 0.5) is 33.6 Å². The number of halogens is 5. The Labute approximate surface area is 240 Å². The number of hydrogen-bond donors (Lipinski definition) is 2. The fraction of sp³-hybridized carbons (Fsp3) is 0.519. The minimum absolute atomic E-state index is 0.165. The third kappa shape index (κ3) is 7.35. The van der Waals surface area contributed by atoms with Crippen molar-refractivity contribution in [3.8, 4) is 11.1 Å². The Morgan fingerprint density at radius 2 is 1.71 bits per heavy atom. The topological polar surface area (TPSA) is 109 Å². The number of sulfonamides is 1. The van der Waals surface area contributed by atoms with Gasteiger partial charge in [0.25, 0.3) is 5.56 Å². The molecule has 3 aromatic rings. The molecule has 2 N–H and O–H groups in total. The summed E-state index contributed by atoms with van der Waals surface area (Å²) in [4.78, 5) is 24.7. The lowest BCUT2D eigenvalue weighted by Crippen LogP contribution is -2.36. The lowest BCUT2D eigenvalue weighted by molar-refractivity contribution is -0.129. The lowest BCUT2D eigenvalue weighted by Gasteiger charge is -2.33. The molecule has 0 radical (unpaired) electrons. The van der Waals surface area contributed by atoms with Gasteiger partial charge in [0, 0.05) is 41.3 Å². The molecular weight excluding hydrogens is 583 g/mol. The molecule has 230 valence electrons. The second-order valence-corrected chi connectivity index (χ2v) is 12.9. The second-order valence-electron chi connectivity index (χ2n) is 11.0. The predicted molar refractivity (Wildman–Crippen MR) is 151 cm³/mol. The summed E-state index contributed by atoms with van der Waals surface area (Å²) < 4.78 is 94.4. The first-order valence-corrected chi connectivity index (χ1v) is 15.1. The number of benzene rings is 1. The van der Waals surface area contributed by atoms with Crippen LogP contribution in [-0.4, -0.2) is 66.0 Å². The van der Waals surface area contributed by atoms with E-state index in [1.165, 1.54) is 16.8 Å². The van der Waals surface area contributed by atoms with Crippen LogP contribution in [0.15, 0.2) is 29.2 Å². The lowest BCUT2D eigenvalue weighted by atomic mass is 9.91. The number of rotatable bonds is 9. The van der Waals surface area contributed by atoms with Crippen molar-refractivity contribution in [3.63, 3.8) is 0 Å². The van der Waals surface area contributed by atoms with Gasteiger partial charge in [-0.2, -0.15) is 18.2 Å². The average molecular weight is 617 g/mol. The van der Waals surface area contributed by atoms with Gasteiger partial charge >= 0.3 is 6.18 Å². The van der Waals surface area contributed by atoms with Gasteiger partial charge in [0.05, 0.1) is 23.4 Å². The van der Waals surface area contributed by atoms with Crippen molar-refractivity contribution in [3.05, 3.63) is 46.4 Å². The summed E-state index contributed by atoms with van der Waals surface area (Å²) in [7, 11) is -0.511. The molecule has 2 aromatic heterocycles. The van der Waals surface area contributed by atoms with E-state index in [-0.39, 0.29) is 11.6 Å². The zero-order valence-corrected chi connectivity index (χ0v) is 24.4. The quantitative estimate of drug-likeness (QED) is 0.314. The van der Waals surface area contributed by atoms with Crippen LogP contribution in [0.3, 0.4) is 0 Å². The van der Waals surface area contributed by atoms with Crippen LogP contribution in [0.1, 0.15) is 52.0 Å². The van der Waals surface area contributed by atoms with Crippen LogP contribution in [-0.2, 0) is 10.0 Å². The number of hydrogen-bond acceptors (Lipinski definition) is 7. The maximum absolute atomic E-state index is 15.2. The molecule has 0 aliphatic heterocycles. The second kappa shape index (κ2) is 12.1. The van der Waals surface area contributed by atoms with Gasteiger partial charge < -0.3 is 10.2 Å². The number of aromatic nitrogens is 3. The standard InChI is InChI=1S/C27H33F5N6O3S/c1-15(2)38-24-16(14-33-26(35-24)34-17-5-7-18(8-6-17)37(3)4)11-20(25(38)39)19-12-22(29)23(13-21(19)28)36-42(40,41)10-9-27(30,31)32/h11-15,17-18,36H,5-10H2,1-4H3,(H,33,34,35)/t17-,18-. The average Bonchev–Trinajstić information content (AvgIpc) is 2.89. The van der Waals surface area contributed by atoms with E-state index >= 15 is 4.39 Å². The van der Waals surface area contributed by atoms with Crippen molar-refractivity contribution in [2.24, 2.45) is 0 Å². The van der Waals surface area contributed by atoms with Crippen molar-refractivity contribution in [1.82, 2.24) is 19.4 Å². The third-order valence-electron chi connectivity index (χ3n) is 7.32. The van der Waals surface area contributed by atoms with E-state index in [0.29, 0.717) is 35.2 Å². The Kier molecular flexibility index (Phi) is 9.11. The minimum atomic E-state index is -4.75. The molecule has 0 atom stereocenters. The number of anilines is 2. The first-order valence-electron chi connectivity index (χ1n) is 13.5. The Morgan fingerprint density at radius 3 is 2.31 bits per heavy atom. The first-order chi connectivity index (χ1) is 19.5. The van der Waals surface area contributed by atoms with Gasteiger partial charge in [-0.3, -0.25) is 14.1 Å². The molecule has 42 heavy (non-hydrogen) atoms. The molecule has 0 amide bonds. The maximum Gasteiger partial charge on any atom is 0.390 e. The van der Waals surface area contributed by atoms with Crippen molar-refractivity contribution < 1.29 is 30.4 Å². The highest BCUT2D eigenvalue weighted by Crippen LogP contribution is 2.30. The molecule has 0 saturated heterocycles. The fourth-order valence-corrected chi connectivity index (χ4v) is 6.17. The molecule has 0 spiro atoms. The summed E-state index contributed by atoms with van der Waals surface area (Å²) in [6.45, 7) is 3.47. The molecule has 2 heterocycles. The SMILES string of the molecule is CC(C)n1c(=O)c(-c2cc(F)c(NS(=O)(=O)CCC(F)(F)F)cc2F)cc2cnc(N[C@H]3CC[C@H](N(C)C)CC3)nc21. The summed E-state index contributed by atoms with van der Waals surface area (Å²) in [6.07, 6.45) is -1.02. The van der Waals surface area contributed by atoms with E-state index in [1.54, 1.807) is 18.6 Å². The van der Waals surface area contributed by atoms with E-state index in [1.807, 2.05) is 0 Å². The minimum Gasteiger partial charge on any atom is -0.351 e. The van der Waals surface area contributed by atoms with Gasteiger partial charge in [0.2, 0.25) is 16.0 Å². The van der Waals surface area contributed by atoms with Gasteiger partial charge in [-0.1, -0.05) is 0 Å². The van der Waals surface area contributed by atoms with Crippen LogP contribution >= 0.6 is 0 Å². The van der Waals surface area contributed by atoms with Gasteiger partial charge in [-0.25, -0.2) is 22.2 Å². The Morgan fingerprint density at radius 1 is 1.05 bits per heavy atom. The molecule has 0 bridgehead atoms. The predicted octanol–water partition coefficient (Wildman–Crippen LogP) is 5.30. The molecular formula is C27H33F5N6O3S. The molecule has 1 saturated carbocycles. The summed E-state index contributed by atoms with van der Waals surface area (Å²) in [5.74, 6) is -3.43. The van der Waals surface area contributed by atoms with Crippen LogP contribution in [0, 0.1) is 11.6 Å². The molecule has 1 aliphatic rings. The third-order valence-corrected chi connectivity index (χ3v) is 8.59.